The Morgan fingerprint density at radius 2 is 1.83 bits per heavy atom. The molecule has 126 valence electrons. The molecule has 0 unspecified atom stereocenters. The van der Waals surface area contributed by atoms with Gasteiger partial charge in [-0.3, -0.25) is 4.79 Å². The first-order valence-corrected chi connectivity index (χ1v) is 8.09. The molecule has 1 N–H and O–H groups in total. The Bertz CT molecular complexity index is 712. The van der Waals surface area contributed by atoms with Crippen molar-refractivity contribution in [3.05, 3.63) is 48.0 Å². The smallest absolute Gasteiger partial charge is 0.265 e. The molecule has 0 radical (unpaired) electrons. The molecule has 2 aromatic carbocycles. The fourth-order valence-electron chi connectivity index (χ4n) is 2.45. The molecule has 0 spiro atoms. The summed E-state index contributed by atoms with van der Waals surface area (Å²) in [5.41, 5.74) is 1.81. The van der Waals surface area contributed by atoms with E-state index < -0.39 is 6.10 Å². The predicted molar refractivity (Wildman–Crippen MR) is 91.9 cm³/mol. The zero-order chi connectivity index (χ0) is 16.9. The molecule has 5 nitrogen and oxygen atoms in total. The third-order valence-corrected chi connectivity index (χ3v) is 3.77. The Morgan fingerprint density at radius 3 is 2.54 bits per heavy atom. The lowest BCUT2D eigenvalue weighted by Gasteiger charge is -2.20. The van der Waals surface area contributed by atoms with Crippen LogP contribution in [0.4, 0.5) is 5.69 Å². The van der Waals surface area contributed by atoms with Gasteiger partial charge in [-0.1, -0.05) is 24.6 Å². The molecule has 0 saturated heterocycles. The van der Waals surface area contributed by atoms with E-state index in [1.165, 1.54) is 0 Å². The normalized spacial score (nSPS) is 13.9. The van der Waals surface area contributed by atoms with Crippen molar-refractivity contribution in [2.24, 2.45) is 0 Å². The summed E-state index contributed by atoms with van der Waals surface area (Å²) < 4.78 is 16.8. The third kappa shape index (κ3) is 3.79. The van der Waals surface area contributed by atoms with Crippen LogP contribution < -0.4 is 19.5 Å². The van der Waals surface area contributed by atoms with E-state index in [9.17, 15) is 4.79 Å². The topological polar surface area (TPSA) is 56.8 Å². The molecule has 0 saturated carbocycles. The molecule has 3 rings (SSSR count). The highest BCUT2D eigenvalue weighted by molar-refractivity contribution is 5.94. The molecule has 1 atom stereocenters. The van der Waals surface area contributed by atoms with Gasteiger partial charge in [-0.05, 0) is 37.6 Å². The zero-order valence-electron chi connectivity index (χ0n) is 13.9. The molecule has 0 aliphatic carbocycles. The summed E-state index contributed by atoms with van der Waals surface area (Å²) in [6, 6.07) is 13.0. The molecule has 1 aliphatic heterocycles. The van der Waals surface area contributed by atoms with E-state index in [-0.39, 0.29) is 5.91 Å². The maximum atomic E-state index is 12.5. The second-order valence-electron chi connectivity index (χ2n) is 5.68. The zero-order valence-corrected chi connectivity index (χ0v) is 13.9. The monoisotopic (exact) mass is 327 g/mol. The SMILES string of the molecule is CC[C@H](Oc1ccc(C)cc1)C(=O)Nc1ccc2c(c1)OCCO2. The number of carbonyl (C=O) groups excluding carboxylic acids is 1. The molecule has 2 aromatic rings. The number of rotatable bonds is 5. The standard InChI is InChI=1S/C19H21NO4/c1-3-16(24-15-7-4-13(2)5-8-15)19(21)20-14-6-9-17-18(12-14)23-11-10-22-17/h4-9,12,16H,3,10-11H2,1-2H3,(H,20,21)/t16-/m0/s1. The van der Waals surface area contributed by atoms with E-state index in [1.807, 2.05) is 38.1 Å². The van der Waals surface area contributed by atoms with Gasteiger partial charge in [-0.25, -0.2) is 0 Å². The number of hydrogen-bond acceptors (Lipinski definition) is 4. The van der Waals surface area contributed by atoms with Crippen molar-refractivity contribution >= 4 is 11.6 Å². The molecular formula is C19H21NO4. The minimum Gasteiger partial charge on any atom is -0.486 e. The summed E-state index contributed by atoms with van der Waals surface area (Å²) in [5, 5.41) is 2.88. The average molecular weight is 327 g/mol. The molecule has 1 heterocycles. The largest absolute Gasteiger partial charge is 0.486 e. The lowest BCUT2D eigenvalue weighted by molar-refractivity contribution is -0.122. The van der Waals surface area contributed by atoms with E-state index in [0.29, 0.717) is 42.6 Å². The third-order valence-electron chi connectivity index (χ3n) is 3.77. The Morgan fingerprint density at radius 1 is 1.12 bits per heavy atom. The van der Waals surface area contributed by atoms with Crippen LogP contribution in [0.5, 0.6) is 17.2 Å². The Kier molecular flexibility index (Phi) is 4.89. The van der Waals surface area contributed by atoms with Gasteiger partial charge in [0.1, 0.15) is 19.0 Å². The van der Waals surface area contributed by atoms with Gasteiger partial charge in [0, 0.05) is 11.8 Å². The highest BCUT2D eigenvalue weighted by Crippen LogP contribution is 2.32. The minimum absolute atomic E-state index is 0.185. The number of anilines is 1. The van der Waals surface area contributed by atoms with Crippen LogP contribution >= 0.6 is 0 Å². The van der Waals surface area contributed by atoms with Crippen LogP contribution in [0.2, 0.25) is 0 Å². The Labute approximate surface area is 141 Å². The summed E-state index contributed by atoms with van der Waals surface area (Å²) in [6.45, 7) is 4.98. The van der Waals surface area contributed by atoms with Crippen molar-refractivity contribution in [2.45, 2.75) is 26.4 Å². The fourth-order valence-corrected chi connectivity index (χ4v) is 2.45. The summed E-state index contributed by atoms with van der Waals surface area (Å²) >= 11 is 0. The first-order chi connectivity index (χ1) is 11.7. The van der Waals surface area contributed by atoms with Gasteiger partial charge in [-0.2, -0.15) is 0 Å². The molecule has 0 aromatic heterocycles. The van der Waals surface area contributed by atoms with Gasteiger partial charge in [0.25, 0.3) is 5.91 Å². The number of fused-ring (bicyclic) bond motifs is 1. The number of aryl methyl sites for hydroxylation is 1. The predicted octanol–water partition coefficient (Wildman–Crippen LogP) is 3.56. The van der Waals surface area contributed by atoms with Crippen LogP contribution in [0.3, 0.4) is 0 Å². The van der Waals surface area contributed by atoms with Crippen molar-refractivity contribution in [2.75, 3.05) is 18.5 Å². The molecule has 5 heteroatoms. The van der Waals surface area contributed by atoms with Gasteiger partial charge < -0.3 is 19.5 Å². The lowest BCUT2D eigenvalue weighted by atomic mass is 10.2. The van der Waals surface area contributed by atoms with Crippen molar-refractivity contribution in [1.82, 2.24) is 0 Å². The molecular weight excluding hydrogens is 306 g/mol. The van der Waals surface area contributed by atoms with Crippen LogP contribution in [0, 0.1) is 6.92 Å². The maximum Gasteiger partial charge on any atom is 0.265 e. The van der Waals surface area contributed by atoms with Crippen LogP contribution in [-0.2, 0) is 4.79 Å². The number of amides is 1. The summed E-state index contributed by atoms with van der Waals surface area (Å²) in [7, 11) is 0. The van der Waals surface area contributed by atoms with Gasteiger partial charge in [0.05, 0.1) is 0 Å². The van der Waals surface area contributed by atoms with Crippen molar-refractivity contribution < 1.29 is 19.0 Å². The lowest BCUT2D eigenvalue weighted by Crippen LogP contribution is -2.32. The highest BCUT2D eigenvalue weighted by Gasteiger charge is 2.20. The van der Waals surface area contributed by atoms with E-state index in [2.05, 4.69) is 5.32 Å². The first kappa shape index (κ1) is 16.2. The summed E-state index contributed by atoms with van der Waals surface area (Å²) in [5.74, 6) is 1.84. The number of carbonyl (C=O) groups is 1. The number of hydrogen-bond donors (Lipinski definition) is 1. The van der Waals surface area contributed by atoms with Gasteiger partial charge in [-0.15, -0.1) is 0 Å². The summed E-state index contributed by atoms with van der Waals surface area (Å²) in [4.78, 5) is 12.5. The van der Waals surface area contributed by atoms with Crippen LogP contribution in [0.25, 0.3) is 0 Å². The minimum atomic E-state index is -0.555. The van der Waals surface area contributed by atoms with Crippen LogP contribution in [0.1, 0.15) is 18.9 Å². The molecule has 1 aliphatic rings. The molecule has 1 amide bonds. The van der Waals surface area contributed by atoms with E-state index in [0.717, 1.165) is 5.56 Å². The van der Waals surface area contributed by atoms with Gasteiger partial charge in [0.15, 0.2) is 17.6 Å². The van der Waals surface area contributed by atoms with Crippen molar-refractivity contribution in [3.8, 4) is 17.2 Å². The number of ether oxygens (including phenoxy) is 3. The molecule has 0 bridgehead atoms. The quantitative estimate of drug-likeness (QED) is 0.912. The van der Waals surface area contributed by atoms with E-state index in [1.54, 1.807) is 18.2 Å². The van der Waals surface area contributed by atoms with Crippen molar-refractivity contribution in [3.63, 3.8) is 0 Å². The second kappa shape index (κ2) is 7.25. The van der Waals surface area contributed by atoms with Crippen LogP contribution in [-0.4, -0.2) is 25.2 Å². The molecule has 24 heavy (non-hydrogen) atoms. The number of benzene rings is 2. The molecule has 0 fully saturated rings. The Balaban J connectivity index is 1.67. The summed E-state index contributed by atoms with van der Waals surface area (Å²) in [6.07, 6.45) is 0.0190. The number of nitrogens with one attached hydrogen (secondary N) is 1. The van der Waals surface area contributed by atoms with Crippen molar-refractivity contribution in [1.29, 1.82) is 0 Å². The Hall–Kier alpha value is -2.69. The maximum absolute atomic E-state index is 12.5. The second-order valence-corrected chi connectivity index (χ2v) is 5.68. The van der Waals surface area contributed by atoms with Crippen LogP contribution in [0.15, 0.2) is 42.5 Å². The van der Waals surface area contributed by atoms with E-state index >= 15 is 0 Å². The average Bonchev–Trinajstić information content (AvgIpc) is 2.61. The van der Waals surface area contributed by atoms with Gasteiger partial charge in [0.2, 0.25) is 0 Å². The van der Waals surface area contributed by atoms with E-state index in [4.69, 9.17) is 14.2 Å². The fraction of sp³-hybridized carbons (Fsp3) is 0.316. The first-order valence-electron chi connectivity index (χ1n) is 8.09. The van der Waals surface area contributed by atoms with Gasteiger partial charge >= 0.3 is 0 Å². The highest BCUT2D eigenvalue weighted by atomic mass is 16.6.